The number of fused-ring (bicyclic) bond motifs is 1. The van der Waals surface area contributed by atoms with Crippen molar-refractivity contribution in [2.24, 2.45) is 5.14 Å². The molecule has 0 bridgehead atoms. The number of nitrogens with two attached hydrogens (primary N) is 1. The molecule has 0 radical (unpaired) electrons. The number of sulfonamides is 1. The number of H-pyrrole nitrogens is 1. The van der Waals surface area contributed by atoms with Gasteiger partial charge in [-0.15, -0.1) is 0 Å². The summed E-state index contributed by atoms with van der Waals surface area (Å²) in [5.41, 5.74) is 1.17. The van der Waals surface area contributed by atoms with Crippen LogP contribution in [-0.4, -0.2) is 32.6 Å². The summed E-state index contributed by atoms with van der Waals surface area (Å²) in [5, 5.41) is 5.92. The van der Waals surface area contributed by atoms with Gasteiger partial charge in [-0.1, -0.05) is 18.2 Å². The Morgan fingerprint density at radius 3 is 2.42 bits per heavy atom. The molecule has 0 saturated heterocycles. The first kappa shape index (κ1) is 18.4. The Hall–Kier alpha value is -2.36. The van der Waals surface area contributed by atoms with Gasteiger partial charge < -0.3 is 14.5 Å². The molecule has 0 aliphatic carbocycles. The van der Waals surface area contributed by atoms with Crippen molar-refractivity contribution in [3.63, 3.8) is 0 Å². The summed E-state index contributed by atoms with van der Waals surface area (Å²) in [6.07, 6.45) is 0. The third-order valence-electron chi connectivity index (χ3n) is 3.58. The van der Waals surface area contributed by atoms with Crippen molar-refractivity contribution < 1.29 is 22.7 Å². The number of rotatable bonds is 6. The summed E-state index contributed by atoms with van der Waals surface area (Å²) in [6.45, 7) is 0.163. The summed E-state index contributed by atoms with van der Waals surface area (Å²) >= 11 is 3.40. The highest BCUT2D eigenvalue weighted by atomic mass is 79.9. The molecule has 0 atom stereocenters. The van der Waals surface area contributed by atoms with Crippen LogP contribution >= 0.6 is 15.9 Å². The third kappa shape index (κ3) is 4.06. The Morgan fingerprint density at radius 2 is 1.77 bits per heavy atom. The molecule has 0 amide bonds. The summed E-state index contributed by atoms with van der Waals surface area (Å²) in [7, 11) is -3.73. The molecule has 2 aromatic carbocycles. The Morgan fingerprint density at radius 1 is 1.08 bits per heavy atom. The number of esters is 1. The van der Waals surface area contributed by atoms with E-state index < -0.39 is 16.0 Å². The molecule has 3 aromatic rings. The average molecular weight is 439 g/mol. The highest BCUT2D eigenvalue weighted by Gasteiger charge is 2.17. The minimum atomic E-state index is -3.73. The van der Waals surface area contributed by atoms with Gasteiger partial charge in [0.15, 0.2) is 0 Å². The number of primary sulfonamides is 1. The number of aromatic nitrogens is 1. The number of carbonyl (C=O) groups excluding carboxylic acids is 1. The van der Waals surface area contributed by atoms with Crippen LogP contribution in [0.2, 0.25) is 0 Å². The Labute approximate surface area is 158 Å². The molecule has 136 valence electrons. The lowest BCUT2D eigenvalue weighted by molar-refractivity contribution is 0.0443. The van der Waals surface area contributed by atoms with Crippen LogP contribution in [0.25, 0.3) is 10.9 Å². The molecule has 26 heavy (non-hydrogen) atoms. The van der Waals surface area contributed by atoms with Gasteiger partial charge in [-0.3, -0.25) is 0 Å². The number of ether oxygens (including phenoxy) is 2. The number of halogens is 1. The normalized spacial score (nSPS) is 11.5. The fraction of sp³-hybridized carbons (Fsp3) is 0.118. The average Bonchev–Trinajstić information content (AvgIpc) is 2.95. The Balaban J connectivity index is 1.54. The quantitative estimate of drug-likeness (QED) is 0.453. The van der Waals surface area contributed by atoms with Crippen LogP contribution in [0.4, 0.5) is 0 Å². The number of hydrogen-bond donors (Lipinski definition) is 2. The zero-order chi connectivity index (χ0) is 18.7. The van der Waals surface area contributed by atoms with E-state index in [1.165, 1.54) is 24.3 Å². The highest BCUT2D eigenvalue weighted by molar-refractivity contribution is 9.10. The number of benzene rings is 2. The van der Waals surface area contributed by atoms with Gasteiger partial charge in [-0.25, -0.2) is 18.4 Å². The number of hydrogen-bond acceptors (Lipinski definition) is 5. The lowest BCUT2D eigenvalue weighted by Gasteiger charge is -2.07. The van der Waals surface area contributed by atoms with Crippen LogP contribution in [0.3, 0.4) is 0 Å². The van der Waals surface area contributed by atoms with Gasteiger partial charge >= 0.3 is 5.97 Å². The first-order chi connectivity index (χ1) is 12.4. The molecule has 3 N–H and O–H groups in total. The van der Waals surface area contributed by atoms with Crippen molar-refractivity contribution in [1.29, 1.82) is 0 Å². The van der Waals surface area contributed by atoms with Gasteiger partial charge in [0.25, 0.3) is 0 Å². The van der Waals surface area contributed by atoms with Crippen molar-refractivity contribution in [3.8, 4) is 5.75 Å². The number of nitrogens with one attached hydrogen (secondary N) is 1. The van der Waals surface area contributed by atoms with E-state index in [2.05, 4.69) is 20.9 Å². The first-order valence-corrected chi connectivity index (χ1v) is 9.89. The van der Waals surface area contributed by atoms with E-state index in [1.807, 2.05) is 24.3 Å². The second-order valence-corrected chi connectivity index (χ2v) is 7.71. The van der Waals surface area contributed by atoms with E-state index in [1.54, 1.807) is 0 Å². The number of aromatic amines is 1. The molecule has 0 saturated carbocycles. The fourth-order valence-corrected chi connectivity index (χ4v) is 3.46. The van der Waals surface area contributed by atoms with Crippen LogP contribution < -0.4 is 9.88 Å². The van der Waals surface area contributed by atoms with Crippen LogP contribution in [0.1, 0.15) is 10.5 Å². The van der Waals surface area contributed by atoms with E-state index in [0.29, 0.717) is 15.9 Å². The lowest BCUT2D eigenvalue weighted by atomic mass is 10.2. The van der Waals surface area contributed by atoms with Crippen LogP contribution in [0.15, 0.2) is 57.9 Å². The van der Waals surface area contributed by atoms with Crippen molar-refractivity contribution in [2.45, 2.75) is 4.90 Å². The monoisotopic (exact) mass is 438 g/mol. The van der Waals surface area contributed by atoms with Crippen molar-refractivity contribution in [2.75, 3.05) is 13.2 Å². The highest BCUT2D eigenvalue weighted by Crippen LogP contribution is 2.28. The summed E-state index contributed by atoms with van der Waals surface area (Å²) in [5.74, 6) is -0.0542. The number of carbonyl (C=O) groups is 1. The van der Waals surface area contributed by atoms with Gasteiger partial charge in [-0.05, 0) is 46.3 Å². The molecule has 0 spiro atoms. The zero-order valence-corrected chi connectivity index (χ0v) is 15.8. The second kappa shape index (κ2) is 7.48. The molecular weight excluding hydrogens is 424 g/mol. The molecular formula is C17H15BrN2O5S. The summed E-state index contributed by atoms with van der Waals surface area (Å²) in [6, 6.07) is 13.2. The predicted molar refractivity (Wildman–Crippen MR) is 99.6 cm³/mol. The van der Waals surface area contributed by atoms with Gasteiger partial charge in [-0.2, -0.15) is 0 Å². The fourth-order valence-electron chi connectivity index (χ4n) is 2.34. The molecule has 0 aliphatic heterocycles. The minimum absolute atomic E-state index is 0.0000564. The molecule has 7 nitrogen and oxygen atoms in total. The molecule has 0 aliphatic rings. The smallest absolute Gasteiger partial charge is 0.356 e. The summed E-state index contributed by atoms with van der Waals surface area (Å²) < 4.78 is 33.6. The van der Waals surface area contributed by atoms with Crippen molar-refractivity contribution in [1.82, 2.24) is 4.98 Å². The largest absolute Gasteiger partial charge is 0.490 e. The molecule has 9 heteroatoms. The minimum Gasteiger partial charge on any atom is -0.490 e. The Bertz CT molecular complexity index is 1040. The molecule has 0 fully saturated rings. The van der Waals surface area contributed by atoms with E-state index in [0.717, 1.165) is 10.9 Å². The van der Waals surface area contributed by atoms with Crippen molar-refractivity contribution in [3.05, 3.63) is 58.7 Å². The van der Waals surface area contributed by atoms with E-state index >= 15 is 0 Å². The topological polar surface area (TPSA) is 111 Å². The first-order valence-electron chi connectivity index (χ1n) is 7.55. The summed E-state index contributed by atoms with van der Waals surface area (Å²) in [4.78, 5) is 15.2. The van der Waals surface area contributed by atoms with Crippen LogP contribution in [0.5, 0.6) is 5.75 Å². The van der Waals surface area contributed by atoms with Gasteiger partial charge in [0, 0.05) is 10.9 Å². The standard InChI is InChI=1S/C17H15BrN2O5S/c18-15-13-3-1-2-4-14(13)20-16(15)17(21)25-10-9-24-11-5-7-12(8-6-11)26(19,22)23/h1-8,20H,9-10H2,(H2,19,22,23). The van der Waals surface area contributed by atoms with Gasteiger partial charge in [0.1, 0.15) is 24.7 Å². The van der Waals surface area contributed by atoms with E-state index in [-0.39, 0.29) is 18.1 Å². The number of para-hydroxylation sites is 1. The van der Waals surface area contributed by atoms with Crippen LogP contribution in [0, 0.1) is 0 Å². The maximum atomic E-state index is 12.2. The van der Waals surface area contributed by atoms with Gasteiger partial charge in [0.05, 0.1) is 9.37 Å². The maximum Gasteiger partial charge on any atom is 0.356 e. The zero-order valence-electron chi connectivity index (χ0n) is 13.4. The van der Waals surface area contributed by atoms with E-state index in [9.17, 15) is 13.2 Å². The molecule has 0 unspecified atom stereocenters. The van der Waals surface area contributed by atoms with Gasteiger partial charge in [0.2, 0.25) is 10.0 Å². The lowest BCUT2D eigenvalue weighted by Crippen LogP contribution is -2.13. The predicted octanol–water partition coefficient (Wildman–Crippen LogP) is 2.81. The van der Waals surface area contributed by atoms with Crippen LogP contribution in [-0.2, 0) is 14.8 Å². The molecule has 1 heterocycles. The third-order valence-corrected chi connectivity index (χ3v) is 5.34. The van der Waals surface area contributed by atoms with E-state index in [4.69, 9.17) is 14.6 Å². The van der Waals surface area contributed by atoms with Crippen molar-refractivity contribution >= 4 is 42.8 Å². The SMILES string of the molecule is NS(=O)(=O)c1ccc(OCCOC(=O)c2[nH]c3ccccc3c2Br)cc1. The second-order valence-electron chi connectivity index (χ2n) is 5.36. The molecule has 1 aromatic heterocycles. The Kier molecular flexibility index (Phi) is 5.30. The maximum absolute atomic E-state index is 12.2. The molecule has 3 rings (SSSR count).